The predicted octanol–water partition coefficient (Wildman–Crippen LogP) is 2.78. The van der Waals surface area contributed by atoms with E-state index in [0.717, 1.165) is 13.1 Å². The van der Waals surface area contributed by atoms with Gasteiger partial charge in [0.15, 0.2) is 0 Å². The number of rotatable bonds is 2. The van der Waals surface area contributed by atoms with Crippen molar-refractivity contribution in [3.8, 4) is 0 Å². The lowest BCUT2D eigenvalue weighted by Gasteiger charge is -2.49. The van der Waals surface area contributed by atoms with Gasteiger partial charge in [0.2, 0.25) is 0 Å². The summed E-state index contributed by atoms with van der Waals surface area (Å²) in [5.41, 5.74) is -0.114. The third-order valence-corrected chi connectivity index (χ3v) is 3.90. The molecule has 1 heterocycles. The van der Waals surface area contributed by atoms with Gasteiger partial charge in [-0.05, 0) is 37.5 Å². The molecule has 0 aromatic rings. The van der Waals surface area contributed by atoms with Gasteiger partial charge in [-0.3, -0.25) is 0 Å². The number of amides is 1. The van der Waals surface area contributed by atoms with E-state index in [1.165, 1.54) is 0 Å². The Labute approximate surface area is 117 Å². The largest absolute Gasteiger partial charge is 0.444 e. The van der Waals surface area contributed by atoms with Gasteiger partial charge in [0.05, 0.1) is 0 Å². The molecule has 0 radical (unpaired) electrons. The molecule has 0 atom stereocenters. The number of hydrogen-bond donors (Lipinski definition) is 2. The molecule has 0 bridgehead atoms. The molecule has 0 aliphatic carbocycles. The molecule has 2 N–H and O–H groups in total. The summed E-state index contributed by atoms with van der Waals surface area (Å²) in [6, 6.07) is 0. The molecule has 4 heteroatoms. The molecule has 0 saturated carbocycles. The maximum absolute atomic E-state index is 11.8. The summed E-state index contributed by atoms with van der Waals surface area (Å²) in [5, 5.41) is 6.41. The SMILES string of the molecule is CC(C)(C)OC(=O)NCC1C(C)(C)CNCC1(C)C. The molecule has 1 aliphatic heterocycles. The quantitative estimate of drug-likeness (QED) is 0.811. The van der Waals surface area contributed by atoms with Crippen LogP contribution in [-0.2, 0) is 4.74 Å². The molecule has 0 aromatic carbocycles. The van der Waals surface area contributed by atoms with Crippen molar-refractivity contribution in [1.82, 2.24) is 10.6 Å². The Balaban J connectivity index is 2.61. The first-order valence-electron chi connectivity index (χ1n) is 7.12. The number of ether oxygens (including phenoxy) is 1. The van der Waals surface area contributed by atoms with E-state index in [0.29, 0.717) is 12.5 Å². The number of alkyl carbamates (subject to hydrolysis) is 1. The van der Waals surface area contributed by atoms with Crippen molar-refractivity contribution >= 4 is 6.09 Å². The lowest BCUT2D eigenvalue weighted by molar-refractivity contribution is 0.0221. The van der Waals surface area contributed by atoms with E-state index in [9.17, 15) is 4.79 Å². The highest BCUT2D eigenvalue weighted by molar-refractivity contribution is 5.67. The maximum Gasteiger partial charge on any atom is 0.407 e. The average molecular weight is 270 g/mol. The first-order valence-corrected chi connectivity index (χ1v) is 7.12. The lowest BCUT2D eigenvalue weighted by Crippen LogP contribution is -2.56. The van der Waals surface area contributed by atoms with Crippen molar-refractivity contribution in [2.75, 3.05) is 19.6 Å². The van der Waals surface area contributed by atoms with Gasteiger partial charge in [-0.25, -0.2) is 4.79 Å². The van der Waals surface area contributed by atoms with Crippen molar-refractivity contribution in [2.45, 2.75) is 54.1 Å². The highest BCUT2D eigenvalue weighted by atomic mass is 16.6. The van der Waals surface area contributed by atoms with Crippen LogP contribution in [0.5, 0.6) is 0 Å². The van der Waals surface area contributed by atoms with E-state index in [1.807, 2.05) is 20.8 Å². The highest BCUT2D eigenvalue weighted by Gasteiger charge is 2.43. The van der Waals surface area contributed by atoms with Gasteiger partial charge in [0.1, 0.15) is 5.60 Å². The van der Waals surface area contributed by atoms with Gasteiger partial charge in [0, 0.05) is 19.6 Å². The molecular weight excluding hydrogens is 240 g/mol. The molecule has 19 heavy (non-hydrogen) atoms. The number of hydrogen-bond acceptors (Lipinski definition) is 3. The summed E-state index contributed by atoms with van der Waals surface area (Å²) < 4.78 is 5.30. The Morgan fingerprint density at radius 2 is 1.68 bits per heavy atom. The van der Waals surface area contributed by atoms with Crippen molar-refractivity contribution in [3.05, 3.63) is 0 Å². The summed E-state index contributed by atoms with van der Waals surface area (Å²) in [6.07, 6.45) is -0.322. The van der Waals surface area contributed by atoms with Crippen LogP contribution in [0.15, 0.2) is 0 Å². The predicted molar refractivity (Wildman–Crippen MR) is 78.2 cm³/mol. The van der Waals surface area contributed by atoms with Crippen LogP contribution < -0.4 is 10.6 Å². The van der Waals surface area contributed by atoms with E-state index in [1.54, 1.807) is 0 Å². The summed E-state index contributed by atoms with van der Waals surface area (Å²) in [7, 11) is 0. The Bertz CT molecular complexity index is 314. The first-order chi connectivity index (χ1) is 8.44. The maximum atomic E-state index is 11.8. The van der Waals surface area contributed by atoms with E-state index in [-0.39, 0.29) is 16.9 Å². The minimum absolute atomic E-state index is 0.163. The van der Waals surface area contributed by atoms with E-state index >= 15 is 0 Å². The van der Waals surface area contributed by atoms with Crippen molar-refractivity contribution < 1.29 is 9.53 Å². The zero-order chi connectivity index (χ0) is 14.9. The fourth-order valence-corrected chi connectivity index (χ4v) is 3.06. The molecule has 0 unspecified atom stereocenters. The van der Waals surface area contributed by atoms with Gasteiger partial charge < -0.3 is 15.4 Å². The molecule has 0 aromatic heterocycles. The Morgan fingerprint density at radius 1 is 1.21 bits per heavy atom. The Morgan fingerprint density at radius 3 is 2.11 bits per heavy atom. The van der Waals surface area contributed by atoms with Crippen molar-refractivity contribution in [3.63, 3.8) is 0 Å². The normalized spacial score (nSPS) is 22.9. The van der Waals surface area contributed by atoms with Crippen LogP contribution in [-0.4, -0.2) is 31.3 Å². The van der Waals surface area contributed by atoms with Gasteiger partial charge in [-0.2, -0.15) is 0 Å². The van der Waals surface area contributed by atoms with Crippen LogP contribution >= 0.6 is 0 Å². The molecule has 1 fully saturated rings. The Hall–Kier alpha value is -0.770. The number of piperidine rings is 1. The monoisotopic (exact) mass is 270 g/mol. The zero-order valence-electron chi connectivity index (χ0n) is 13.5. The van der Waals surface area contributed by atoms with Gasteiger partial charge in [0.25, 0.3) is 0 Å². The summed E-state index contributed by atoms with van der Waals surface area (Å²) in [4.78, 5) is 11.8. The summed E-state index contributed by atoms with van der Waals surface area (Å²) in [5.74, 6) is 0.425. The van der Waals surface area contributed by atoms with Crippen LogP contribution in [0.1, 0.15) is 48.5 Å². The lowest BCUT2D eigenvalue weighted by atomic mass is 9.62. The standard InChI is InChI=1S/C15H30N2O2/c1-13(2,3)19-12(18)17-8-11-14(4,5)9-16-10-15(11,6)7/h11,16H,8-10H2,1-7H3,(H,17,18). The molecule has 1 amide bonds. The smallest absolute Gasteiger partial charge is 0.407 e. The zero-order valence-corrected chi connectivity index (χ0v) is 13.5. The fraction of sp³-hybridized carbons (Fsp3) is 0.933. The van der Waals surface area contributed by atoms with Gasteiger partial charge in [-0.15, -0.1) is 0 Å². The van der Waals surface area contributed by atoms with Gasteiger partial charge in [-0.1, -0.05) is 27.7 Å². The van der Waals surface area contributed by atoms with Crippen molar-refractivity contribution in [2.24, 2.45) is 16.7 Å². The molecule has 112 valence electrons. The first kappa shape index (κ1) is 16.3. The van der Waals surface area contributed by atoms with E-state index in [4.69, 9.17) is 4.74 Å². The fourth-order valence-electron chi connectivity index (χ4n) is 3.06. The molecule has 4 nitrogen and oxygen atoms in total. The van der Waals surface area contributed by atoms with Crippen LogP contribution in [0.3, 0.4) is 0 Å². The van der Waals surface area contributed by atoms with Crippen LogP contribution in [0, 0.1) is 16.7 Å². The minimum Gasteiger partial charge on any atom is -0.444 e. The highest BCUT2D eigenvalue weighted by Crippen LogP contribution is 2.42. The molecule has 1 rings (SSSR count). The molecule has 1 aliphatic rings. The number of carbonyl (C=O) groups excluding carboxylic acids is 1. The third kappa shape index (κ3) is 4.68. The summed E-state index contributed by atoms with van der Waals surface area (Å²) in [6.45, 7) is 17.3. The second-order valence-electron chi connectivity index (χ2n) is 8.02. The molecule has 1 saturated heterocycles. The van der Waals surface area contributed by atoms with E-state index < -0.39 is 5.60 Å². The second kappa shape index (κ2) is 5.31. The number of carbonyl (C=O) groups is 1. The minimum atomic E-state index is -0.441. The molecular formula is C15H30N2O2. The molecule has 0 spiro atoms. The topological polar surface area (TPSA) is 50.4 Å². The Kier molecular flexibility index (Phi) is 4.55. The number of nitrogens with one attached hydrogen (secondary N) is 2. The van der Waals surface area contributed by atoms with Crippen LogP contribution in [0.4, 0.5) is 4.79 Å². The van der Waals surface area contributed by atoms with Crippen molar-refractivity contribution in [1.29, 1.82) is 0 Å². The van der Waals surface area contributed by atoms with Crippen LogP contribution in [0.2, 0.25) is 0 Å². The van der Waals surface area contributed by atoms with Crippen LogP contribution in [0.25, 0.3) is 0 Å². The average Bonchev–Trinajstić information content (AvgIpc) is 2.11. The third-order valence-electron chi connectivity index (χ3n) is 3.90. The summed E-state index contributed by atoms with van der Waals surface area (Å²) >= 11 is 0. The van der Waals surface area contributed by atoms with E-state index in [2.05, 4.69) is 38.3 Å². The second-order valence-corrected chi connectivity index (χ2v) is 8.02. The van der Waals surface area contributed by atoms with Gasteiger partial charge >= 0.3 is 6.09 Å².